The highest BCUT2D eigenvalue weighted by molar-refractivity contribution is 6.08. The van der Waals surface area contributed by atoms with E-state index in [4.69, 9.17) is 0 Å². The van der Waals surface area contributed by atoms with E-state index in [0.29, 0.717) is 45.4 Å². The van der Waals surface area contributed by atoms with Gasteiger partial charge in [0.1, 0.15) is 6.04 Å². The van der Waals surface area contributed by atoms with Gasteiger partial charge in [0.05, 0.1) is 5.41 Å². The molecule has 202 valence electrons. The highest BCUT2D eigenvalue weighted by Gasteiger charge is 2.47. The van der Waals surface area contributed by atoms with Crippen molar-refractivity contribution in [3.63, 3.8) is 0 Å². The highest BCUT2D eigenvalue weighted by Crippen LogP contribution is 2.43. The second-order valence-corrected chi connectivity index (χ2v) is 11.3. The standard InChI is InChI=1S/C30H39N5O3/c1-30(2)24-11-7-8-12-26(24)35(28(30)37)23-14-17-33(18-15-23)27(36)25(19-21-9-5-4-6-10-21)32-29(38)34-16-13-22(20-34)31-3/h4-12,22-23,25,31H,13-20H2,1-3H3,(H,32,38). The van der Waals surface area contributed by atoms with Crippen LogP contribution < -0.4 is 15.5 Å². The number of amides is 4. The monoisotopic (exact) mass is 517 g/mol. The maximum absolute atomic E-state index is 13.8. The predicted molar refractivity (Wildman–Crippen MR) is 148 cm³/mol. The van der Waals surface area contributed by atoms with Crippen LogP contribution in [0.25, 0.3) is 0 Å². The van der Waals surface area contributed by atoms with Crippen LogP contribution in [0.2, 0.25) is 0 Å². The molecular formula is C30H39N5O3. The summed E-state index contributed by atoms with van der Waals surface area (Å²) in [6.07, 6.45) is 2.78. The molecule has 2 N–H and O–H groups in total. The fourth-order valence-corrected chi connectivity index (χ4v) is 6.14. The molecule has 0 bridgehead atoms. The molecule has 38 heavy (non-hydrogen) atoms. The topological polar surface area (TPSA) is 85.0 Å². The van der Waals surface area contributed by atoms with Crippen LogP contribution in [0, 0.1) is 0 Å². The molecule has 0 aromatic heterocycles. The van der Waals surface area contributed by atoms with Gasteiger partial charge in [-0.1, -0.05) is 48.5 Å². The van der Waals surface area contributed by atoms with Gasteiger partial charge in [-0.15, -0.1) is 0 Å². The van der Waals surface area contributed by atoms with Crippen molar-refractivity contribution in [1.82, 2.24) is 20.4 Å². The van der Waals surface area contributed by atoms with Crippen molar-refractivity contribution in [2.75, 3.05) is 38.1 Å². The first-order valence-corrected chi connectivity index (χ1v) is 13.8. The van der Waals surface area contributed by atoms with E-state index in [1.807, 2.05) is 85.3 Å². The molecule has 0 spiro atoms. The van der Waals surface area contributed by atoms with Crippen LogP contribution in [-0.4, -0.2) is 79.0 Å². The number of nitrogens with one attached hydrogen (secondary N) is 2. The Morgan fingerprint density at radius 1 is 0.947 bits per heavy atom. The van der Waals surface area contributed by atoms with Crippen molar-refractivity contribution in [3.8, 4) is 0 Å². The predicted octanol–water partition coefficient (Wildman–Crippen LogP) is 2.92. The summed E-state index contributed by atoms with van der Waals surface area (Å²) in [5.41, 5.74) is 2.52. The molecule has 0 aliphatic carbocycles. The Kier molecular flexibility index (Phi) is 7.43. The average Bonchev–Trinajstić information content (AvgIpc) is 3.50. The molecule has 3 heterocycles. The minimum absolute atomic E-state index is 0.0553. The van der Waals surface area contributed by atoms with Crippen LogP contribution in [0.1, 0.15) is 44.2 Å². The Bertz CT molecular complexity index is 1180. The summed E-state index contributed by atoms with van der Waals surface area (Å²) in [7, 11) is 1.91. The van der Waals surface area contributed by atoms with E-state index in [2.05, 4.69) is 10.6 Å². The van der Waals surface area contributed by atoms with Crippen molar-refractivity contribution in [2.45, 2.75) is 63.1 Å². The number of hydrogen-bond acceptors (Lipinski definition) is 4. The molecule has 5 rings (SSSR count). The van der Waals surface area contributed by atoms with Gasteiger partial charge in [0.2, 0.25) is 11.8 Å². The lowest BCUT2D eigenvalue weighted by molar-refractivity contribution is -0.134. The first-order chi connectivity index (χ1) is 18.3. The van der Waals surface area contributed by atoms with Gasteiger partial charge in [-0.25, -0.2) is 4.79 Å². The van der Waals surface area contributed by atoms with E-state index in [0.717, 1.165) is 23.2 Å². The molecule has 8 nitrogen and oxygen atoms in total. The Labute approximate surface area is 225 Å². The van der Waals surface area contributed by atoms with Crippen molar-refractivity contribution in [3.05, 3.63) is 65.7 Å². The molecule has 2 aromatic carbocycles. The Hall–Kier alpha value is -3.39. The number of rotatable bonds is 6. The van der Waals surface area contributed by atoms with Crippen LogP contribution >= 0.6 is 0 Å². The van der Waals surface area contributed by atoms with E-state index in [1.165, 1.54) is 0 Å². The highest BCUT2D eigenvalue weighted by atomic mass is 16.2. The van der Waals surface area contributed by atoms with Gasteiger partial charge in [0.25, 0.3) is 0 Å². The SMILES string of the molecule is CNC1CCN(C(=O)NC(Cc2ccccc2)C(=O)N2CCC(N3C(=O)C(C)(C)c4ccccc43)CC2)C1. The Morgan fingerprint density at radius 3 is 2.29 bits per heavy atom. The normalized spacial score (nSPS) is 21.9. The van der Waals surface area contributed by atoms with Gasteiger partial charge < -0.3 is 25.3 Å². The average molecular weight is 518 g/mol. The number of carbonyl (C=O) groups excluding carboxylic acids is 3. The molecule has 4 amide bonds. The van der Waals surface area contributed by atoms with Crippen molar-refractivity contribution in [2.24, 2.45) is 0 Å². The molecule has 2 unspecified atom stereocenters. The summed E-state index contributed by atoms with van der Waals surface area (Å²) in [6.45, 7) is 6.41. The lowest BCUT2D eigenvalue weighted by Crippen LogP contribution is -2.56. The van der Waals surface area contributed by atoms with Gasteiger partial charge >= 0.3 is 6.03 Å². The molecule has 2 aromatic rings. The number of benzene rings is 2. The quantitative estimate of drug-likeness (QED) is 0.617. The second kappa shape index (κ2) is 10.8. The number of nitrogens with zero attached hydrogens (tertiary/aromatic N) is 3. The molecule has 2 saturated heterocycles. The molecule has 3 aliphatic rings. The van der Waals surface area contributed by atoms with E-state index < -0.39 is 11.5 Å². The van der Waals surface area contributed by atoms with E-state index in [9.17, 15) is 14.4 Å². The molecule has 0 radical (unpaired) electrons. The molecular weight excluding hydrogens is 478 g/mol. The zero-order chi connectivity index (χ0) is 26.9. The van der Waals surface area contributed by atoms with Gasteiger partial charge in [-0.05, 0) is 57.4 Å². The van der Waals surface area contributed by atoms with Crippen molar-refractivity contribution in [1.29, 1.82) is 0 Å². The van der Waals surface area contributed by atoms with Crippen LogP contribution in [0.3, 0.4) is 0 Å². The number of urea groups is 1. The zero-order valence-corrected chi connectivity index (χ0v) is 22.7. The number of piperidine rings is 1. The fraction of sp³-hybridized carbons (Fsp3) is 0.500. The third-order valence-corrected chi connectivity index (χ3v) is 8.49. The summed E-state index contributed by atoms with van der Waals surface area (Å²) < 4.78 is 0. The van der Waals surface area contributed by atoms with Crippen LogP contribution in [-0.2, 0) is 21.4 Å². The van der Waals surface area contributed by atoms with E-state index in [1.54, 1.807) is 4.90 Å². The maximum Gasteiger partial charge on any atom is 0.318 e. The van der Waals surface area contributed by atoms with Gasteiger partial charge in [0.15, 0.2) is 0 Å². The van der Waals surface area contributed by atoms with Crippen molar-refractivity contribution >= 4 is 23.5 Å². The summed E-state index contributed by atoms with van der Waals surface area (Å²) in [4.78, 5) is 45.9. The van der Waals surface area contributed by atoms with E-state index in [-0.39, 0.29) is 29.9 Å². The summed E-state index contributed by atoms with van der Waals surface area (Å²) in [5, 5.41) is 6.28. The van der Waals surface area contributed by atoms with Crippen LogP contribution in [0.4, 0.5) is 10.5 Å². The molecule has 0 saturated carbocycles. The third-order valence-electron chi connectivity index (χ3n) is 8.49. The first kappa shape index (κ1) is 26.2. The number of likely N-dealkylation sites (tertiary alicyclic amines) is 2. The lowest BCUT2D eigenvalue weighted by atomic mass is 9.86. The van der Waals surface area contributed by atoms with Crippen molar-refractivity contribution < 1.29 is 14.4 Å². The minimum atomic E-state index is -0.636. The number of para-hydroxylation sites is 1. The summed E-state index contributed by atoms with van der Waals surface area (Å²) in [6, 6.07) is 17.4. The number of likely N-dealkylation sites (N-methyl/N-ethyl adjacent to an activating group) is 1. The van der Waals surface area contributed by atoms with Gasteiger partial charge in [0, 0.05) is 50.4 Å². The van der Waals surface area contributed by atoms with Gasteiger partial charge in [-0.2, -0.15) is 0 Å². The molecule has 2 fully saturated rings. The third kappa shape index (κ3) is 5.01. The number of anilines is 1. The smallest absolute Gasteiger partial charge is 0.318 e. The Morgan fingerprint density at radius 2 is 1.61 bits per heavy atom. The lowest BCUT2D eigenvalue weighted by Gasteiger charge is -2.39. The molecule has 8 heteroatoms. The zero-order valence-electron chi connectivity index (χ0n) is 22.7. The van der Waals surface area contributed by atoms with E-state index >= 15 is 0 Å². The molecule has 2 atom stereocenters. The van der Waals surface area contributed by atoms with Crippen LogP contribution in [0.15, 0.2) is 54.6 Å². The van der Waals surface area contributed by atoms with Gasteiger partial charge in [-0.3, -0.25) is 9.59 Å². The fourth-order valence-electron chi connectivity index (χ4n) is 6.14. The summed E-state index contributed by atoms with van der Waals surface area (Å²) in [5.74, 6) is 0.0710. The largest absolute Gasteiger partial charge is 0.341 e. The second-order valence-electron chi connectivity index (χ2n) is 11.3. The maximum atomic E-state index is 13.8. The number of fused-ring (bicyclic) bond motifs is 1. The van der Waals surface area contributed by atoms with Crippen LogP contribution in [0.5, 0.6) is 0 Å². The minimum Gasteiger partial charge on any atom is -0.341 e. The first-order valence-electron chi connectivity index (χ1n) is 13.8. The summed E-state index contributed by atoms with van der Waals surface area (Å²) >= 11 is 0. The number of carbonyl (C=O) groups is 3. The Balaban J connectivity index is 1.27. The molecule has 3 aliphatic heterocycles. The number of hydrogen-bond donors (Lipinski definition) is 2.